The summed E-state index contributed by atoms with van der Waals surface area (Å²) in [5, 5.41) is 8.83. The van der Waals surface area contributed by atoms with E-state index < -0.39 is 0 Å². The molecule has 1 N–H and O–H groups in total. The predicted octanol–water partition coefficient (Wildman–Crippen LogP) is 3.57. The van der Waals surface area contributed by atoms with Crippen molar-refractivity contribution in [2.24, 2.45) is 11.0 Å². The Morgan fingerprint density at radius 1 is 1.24 bits per heavy atom. The third-order valence-electron chi connectivity index (χ3n) is 4.04. The maximum atomic E-state index is 12.5. The zero-order valence-electron chi connectivity index (χ0n) is 14.5. The van der Waals surface area contributed by atoms with E-state index in [9.17, 15) is 9.59 Å². The third kappa shape index (κ3) is 3.63. The monoisotopic (exact) mass is 339 g/mol. The Morgan fingerprint density at radius 2 is 1.96 bits per heavy atom. The van der Waals surface area contributed by atoms with Crippen LogP contribution >= 0.6 is 0 Å². The second-order valence-corrected chi connectivity index (χ2v) is 6.38. The average Bonchev–Trinajstić information content (AvgIpc) is 3.23. The van der Waals surface area contributed by atoms with Crippen molar-refractivity contribution in [2.75, 3.05) is 5.32 Å². The van der Waals surface area contributed by atoms with Crippen LogP contribution in [0.4, 0.5) is 5.69 Å². The molecule has 130 valence electrons. The van der Waals surface area contributed by atoms with Gasteiger partial charge in [0.05, 0.1) is 12.0 Å². The van der Waals surface area contributed by atoms with Crippen LogP contribution in [-0.2, 0) is 9.59 Å². The van der Waals surface area contributed by atoms with Crippen molar-refractivity contribution in [1.29, 1.82) is 0 Å². The number of hydrogen-bond donors (Lipinski definition) is 1. The fraction of sp³-hybridized carbons (Fsp3) is 0.316. The van der Waals surface area contributed by atoms with Gasteiger partial charge in [0.1, 0.15) is 11.8 Å². The fourth-order valence-electron chi connectivity index (χ4n) is 2.80. The van der Waals surface area contributed by atoms with Gasteiger partial charge in [0, 0.05) is 24.9 Å². The summed E-state index contributed by atoms with van der Waals surface area (Å²) < 4.78 is 5.51. The van der Waals surface area contributed by atoms with E-state index in [4.69, 9.17) is 4.42 Å². The largest absolute Gasteiger partial charge is 0.467 e. The molecule has 6 heteroatoms. The first-order valence-corrected chi connectivity index (χ1v) is 8.27. The molecule has 1 aromatic carbocycles. The molecule has 2 heterocycles. The minimum Gasteiger partial charge on any atom is -0.467 e. The Morgan fingerprint density at radius 3 is 2.52 bits per heavy atom. The third-order valence-corrected chi connectivity index (χ3v) is 4.04. The highest BCUT2D eigenvalue weighted by molar-refractivity contribution is 6.03. The molecule has 1 atom stereocenters. The predicted molar refractivity (Wildman–Crippen MR) is 95.0 cm³/mol. The fourth-order valence-corrected chi connectivity index (χ4v) is 2.80. The topological polar surface area (TPSA) is 74.9 Å². The molecule has 0 bridgehead atoms. The molecule has 0 radical (unpaired) electrons. The van der Waals surface area contributed by atoms with Gasteiger partial charge in [-0.3, -0.25) is 9.59 Å². The quantitative estimate of drug-likeness (QED) is 0.925. The summed E-state index contributed by atoms with van der Waals surface area (Å²) in [6, 6.07) is 10.9. The maximum absolute atomic E-state index is 12.5. The van der Waals surface area contributed by atoms with Crippen molar-refractivity contribution in [3.05, 3.63) is 54.0 Å². The van der Waals surface area contributed by atoms with Crippen molar-refractivity contribution < 1.29 is 14.0 Å². The molecule has 1 aromatic heterocycles. The molecular formula is C19H21N3O3. The van der Waals surface area contributed by atoms with Crippen molar-refractivity contribution in [3.8, 4) is 0 Å². The zero-order valence-corrected chi connectivity index (χ0v) is 14.5. The van der Waals surface area contributed by atoms with Crippen LogP contribution in [0.2, 0.25) is 0 Å². The van der Waals surface area contributed by atoms with Crippen LogP contribution in [0.3, 0.4) is 0 Å². The van der Waals surface area contributed by atoms with Gasteiger partial charge in [-0.15, -0.1) is 0 Å². The first-order valence-electron chi connectivity index (χ1n) is 8.27. The van der Waals surface area contributed by atoms with Crippen molar-refractivity contribution >= 4 is 23.2 Å². The molecule has 6 nitrogen and oxygen atoms in total. The van der Waals surface area contributed by atoms with Gasteiger partial charge in [-0.25, -0.2) is 5.01 Å². The van der Waals surface area contributed by atoms with Crippen molar-refractivity contribution in [3.63, 3.8) is 0 Å². The normalized spacial score (nSPS) is 16.9. The number of rotatable bonds is 4. The van der Waals surface area contributed by atoms with Gasteiger partial charge in [-0.1, -0.05) is 26.0 Å². The van der Waals surface area contributed by atoms with Gasteiger partial charge >= 0.3 is 0 Å². The molecule has 0 spiro atoms. The van der Waals surface area contributed by atoms with Crippen molar-refractivity contribution in [1.82, 2.24) is 5.01 Å². The number of benzene rings is 1. The number of nitrogens with zero attached hydrogens (tertiary/aromatic N) is 2. The molecular weight excluding hydrogens is 318 g/mol. The highest BCUT2D eigenvalue weighted by Crippen LogP contribution is 2.34. The molecule has 1 aliphatic heterocycles. The van der Waals surface area contributed by atoms with E-state index in [1.807, 2.05) is 50.2 Å². The first-order chi connectivity index (χ1) is 12.0. The smallest absolute Gasteiger partial charge is 0.245 e. The molecule has 25 heavy (non-hydrogen) atoms. The van der Waals surface area contributed by atoms with E-state index in [1.165, 1.54) is 11.9 Å². The van der Waals surface area contributed by atoms with E-state index >= 15 is 0 Å². The molecule has 0 unspecified atom stereocenters. The molecule has 3 rings (SSSR count). The molecule has 0 saturated carbocycles. The standard InChI is InChI=1S/C19H21N3O3/c1-12(2)19(24)22-17(18-5-4-10-25-18)11-16(21-22)14-6-8-15(9-7-14)20-13(3)23/h4-10,12,17H,11H2,1-3H3,(H,20,23)/t17-/m1/s1. The molecule has 2 amide bonds. The molecule has 0 fully saturated rings. The van der Waals surface area contributed by atoms with Crippen LogP contribution in [0, 0.1) is 5.92 Å². The minimum absolute atomic E-state index is 0.0359. The highest BCUT2D eigenvalue weighted by atomic mass is 16.3. The van der Waals surface area contributed by atoms with E-state index in [0.29, 0.717) is 6.42 Å². The number of nitrogens with one attached hydrogen (secondary N) is 1. The van der Waals surface area contributed by atoms with E-state index in [-0.39, 0.29) is 23.8 Å². The van der Waals surface area contributed by atoms with Crippen LogP contribution in [0.25, 0.3) is 0 Å². The van der Waals surface area contributed by atoms with Gasteiger partial charge in [0.15, 0.2) is 0 Å². The lowest BCUT2D eigenvalue weighted by Gasteiger charge is -2.21. The Kier molecular flexibility index (Phi) is 4.70. The average molecular weight is 339 g/mol. The minimum atomic E-state index is -0.227. The van der Waals surface area contributed by atoms with Crippen LogP contribution in [0.5, 0.6) is 0 Å². The van der Waals surface area contributed by atoms with Crippen LogP contribution in [-0.4, -0.2) is 22.5 Å². The summed E-state index contributed by atoms with van der Waals surface area (Å²) in [4.78, 5) is 23.7. The van der Waals surface area contributed by atoms with Crippen LogP contribution in [0.15, 0.2) is 52.2 Å². The lowest BCUT2D eigenvalue weighted by atomic mass is 10.0. The van der Waals surface area contributed by atoms with Gasteiger partial charge in [-0.2, -0.15) is 5.10 Å². The van der Waals surface area contributed by atoms with Gasteiger partial charge < -0.3 is 9.73 Å². The number of carbonyl (C=O) groups is 2. The summed E-state index contributed by atoms with van der Waals surface area (Å²) in [6.45, 7) is 5.19. The summed E-state index contributed by atoms with van der Waals surface area (Å²) in [6.07, 6.45) is 2.19. The van der Waals surface area contributed by atoms with Gasteiger partial charge in [-0.05, 0) is 29.8 Å². The Balaban J connectivity index is 1.87. The Bertz CT molecular complexity index is 792. The number of furan rings is 1. The number of carbonyl (C=O) groups excluding carboxylic acids is 2. The SMILES string of the molecule is CC(=O)Nc1ccc(C2=NN(C(=O)C(C)C)[C@@H](c3ccco3)C2)cc1. The number of amides is 2. The van der Waals surface area contributed by atoms with Gasteiger partial charge in [0.25, 0.3) is 0 Å². The van der Waals surface area contributed by atoms with E-state index in [0.717, 1.165) is 22.7 Å². The number of hydrazone groups is 1. The summed E-state index contributed by atoms with van der Waals surface area (Å²) in [5.74, 6) is 0.425. The maximum Gasteiger partial charge on any atom is 0.245 e. The van der Waals surface area contributed by atoms with Crippen LogP contribution in [0.1, 0.15) is 44.6 Å². The Hall–Kier alpha value is -2.89. The Labute approximate surface area is 146 Å². The number of hydrogen-bond acceptors (Lipinski definition) is 4. The van der Waals surface area contributed by atoms with Crippen LogP contribution < -0.4 is 5.32 Å². The van der Waals surface area contributed by atoms with Gasteiger partial charge in [0.2, 0.25) is 11.8 Å². The first kappa shape index (κ1) is 17.0. The summed E-state index contributed by atoms with van der Waals surface area (Å²) >= 11 is 0. The number of anilines is 1. The second kappa shape index (κ2) is 6.93. The molecule has 0 saturated heterocycles. The summed E-state index contributed by atoms with van der Waals surface area (Å²) in [5.41, 5.74) is 2.47. The summed E-state index contributed by atoms with van der Waals surface area (Å²) in [7, 11) is 0. The molecule has 2 aromatic rings. The van der Waals surface area contributed by atoms with E-state index in [2.05, 4.69) is 10.4 Å². The lowest BCUT2D eigenvalue weighted by Crippen LogP contribution is -2.30. The lowest BCUT2D eigenvalue weighted by molar-refractivity contribution is -0.136. The molecule has 1 aliphatic rings. The second-order valence-electron chi connectivity index (χ2n) is 6.38. The highest BCUT2D eigenvalue weighted by Gasteiger charge is 2.35. The molecule has 0 aliphatic carbocycles. The van der Waals surface area contributed by atoms with E-state index in [1.54, 1.807) is 6.26 Å². The zero-order chi connectivity index (χ0) is 18.0. The van der Waals surface area contributed by atoms with Crippen molar-refractivity contribution in [2.45, 2.75) is 33.2 Å².